The molecule has 0 aliphatic carbocycles. The summed E-state index contributed by atoms with van der Waals surface area (Å²) in [7, 11) is 0. The van der Waals surface area contributed by atoms with Crippen molar-refractivity contribution in [3.63, 3.8) is 0 Å². The van der Waals surface area contributed by atoms with Gasteiger partial charge in [-0.3, -0.25) is 4.79 Å². The molecule has 0 spiro atoms. The maximum absolute atomic E-state index is 12.5. The number of pyridine rings is 1. The van der Waals surface area contributed by atoms with Crippen LogP contribution in [-0.2, 0) is 0 Å². The molecule has 0 fully saturated rings. The van der Waals surface area contributed by atoms with E-state index in [2.05, 4.69) is 21.7 Å². The Hall–Kier alpha value is -3.07. The zero-order chi connectivity index (χ0) is 18.5. The van der Waals surface area contributed by atoms with Gasteiger partial charge in [-0.15, -0.1) is 0 Å². The zero-order valence-electron chi connectivity index (χ0n) is 13.3. The zero-order valence-corrected chi connectivity index (χ0v) is 14.8. The van der Waals surface area contributed by atoms with Crippen molar-refractivity contribution in [2.24, 2.45) is 0 Å². The van der Waals surface area contributed by atoms with E-state index in [9.17, 15) is 4.79 Å². The lowest BCUT2D eigenvalue weighted by molar-refractivity contribution is 0.102. The van der Waals surface area contributed by atoms with E-state index in [1.165, 1.54) is 6.20 Å². The van der Waals surface area contributed by atoms with Crippen molar-refractivity contribution in [3.05, 3.63) is 82.0 Å². The standard InChI is InChI=1S/C19H12Cl2N4O/c20-14-4-5-17(16(21)10-14)25-19(26)13-6-7-23-18(9-13)24-15-3-1-2-12(8-15)11-22/h1-10H,(H,23,24)(H,25,26). The number of carbonyl (C=O) groups excluding carboxylic acids is 1. The van der Waals surface area contributed by atoms with Gasteiger partial charge in [0.25, 0.3) is 5.91 Å². The lowest BCUT2D eigenvalue weighted by Crippen LogP contribution is -2.12. The van der Waals surface area contributed by atoms with Crippen molar-refractivity contribution in [2.45, 2.75) is 0 Å². The molecule has 0 unspecified atom stereocenters. The van der Waals surface area contributed by atoms with Gasteiger partial charge in [0, 0.05) is 22.5 Å². The Kier molecular flexibility index (Phi) is 5.37. The van der Waals surface area contributed by atoms with Gasteiger partial charge in [0.15, 0.2) is 0 Å². The molecule has 3 rings (SSSR count). The van der Waals surface area contributed by atoms with Crippen LogP contribution in [0.4, 0.5) is 17.2 Å². The topological polar surface area (TPSA) is 77.8 Å². The second-order valence-electron chi connectivity index (χ2n) is 5.33. The number of nitrogens with zero attached hydrogens (tertiary/aromatic N) is 2. The van der Waals surface area contributed by atoms with E-state index >= 15 is 0 Å². The Balaban J connectivity index is 1.78. The molecule has 0 aliphatic heterocycles. The molecule has 26 heavy (non-hydrogen) atoms. The van der Waals surface area contributed by atoms with Gasteiger partial charge in [-0.05, 0) is 48.5 Å². The van der Waals surface area contributed by atoms with Gasteiger partial charge in [-0.1, -0.05) is 29.3 Å². The number of aromatic nitrogens is 1. The molecule has 0 saturated heterocycles. The van der Waals surface area contributed by atoms with E-state index in [1.54, 1.807) is 48.5 Å². The number of carbonyl (C=O) groups is 1. The van der Waals surface area contributed by atoms with Gasteiger partial charge in [-0.2, -0.15) is 5.26 Å². The number of benzene rings is 2. The summed E-state index contributed by atoms with van der Waals surface area (Å²) >= 11 is 11.9. The Bertz CT molecular complexity index is 1010. The first kappa shape index (κ1) is 17.7. The summed E-state index contributed by atoms with van der Waals surface area (Å²) in [6.45, 7) is 0. The first-order chi connectivity index (χ1) is 12.5. The van der Waals surface area contributed by atoms with Crippen LogP contribution in [0.1, 0.15) is 15.9 Å². The third-order valence-corrected chi connectivity index (χ3v) is 4.01. The fourth-order valence-corrected chi connectivity index (χ4v) is 2.70. The van der Waals surface area contributed by atoms with Crippen LogP contribution in [-0.4, -0.2) is 10.9 Å². The Labute approximate surface area is 160 Å². The lowest BCUT2D eigenvalue weighted by atomic mass is 10.2. The van der Waals surface area contributed by atoms with Crippen molar-refractivity contribution in [3.8, 4) is 6.07 Å². The number of rotatable bonds is 4. The molecule has 0 bridgehead atoms. The number of nitrogens with one attached hydrogen (secondary N) is 2. The van der Waals surface area contributed by atoms with Crippen molar-refractivity contribution in [1.82, 2.24) is 4.98 Å². The summed E-state index contributed by atoms with van der Waals surface area (Å²) in [6.07, 6.45) is 1.52. The second kappa shape index (κ2) is 7.87. The van der Waals surface area contributed by atoms with Crippen LogP contribution in [0.3, 0.4) is 0 Å². The van der Waals surface area contributed by atoms with Gasteiger partial charge in [-0.25, -0.2) is 4.98 Å². The van der Waals surface area contributed by atoms with Gasteiger partial charge in [0.2, 0.25) is 0 Å². The quantitative estimate of drug-likeness (QED) is 0.645. The van der Waals surface area contributed by atoms with Gasteiger partial charge < -0.3 is 10.6 Å². The smallest absolute Gasteiger partial charge is 0.255 e. The normalized spacial score (nSPS) is 10.0. The van der Waals surface area contributed by atoms with E-state index in [4.69, 9.17) is 28.5 Å². The number of amides is 1. The summed E-state index contributed by atoms with van der Waals surface area (Å²) in [5.74, 6) is 0.153. The third-order valence-electron chi connectivity index (χ3n) is 3.47. The van der Waals surface area contributed by atoms with E-state index in [0.717, 1.165) is 0 Å². The predicted molar refractivity (Wildman–Crippen MR) is 103 cm³/mol. The lowest BCUT2D eigenvalue weighted by Gasteiger charge is -2.10. The fourth-order valence-electron chi connectivity index (χ4n) is 2.24. The summed E-state index contributed by atoms with van der Waals surface area (Å²) in [5, 5.41) is 15.6. The Morgan fingerprint density at radius 2 is 1.92 bits per heavy atom. The second-order valence-corrected chi connectivity index (χ2v) is 6.17. The van der Waals surface area contributed by atoms with Gasteiger partial charge in [0.05, 0.1) is 22.3 Å². The first-order valence-electron chi connectivity index (χ1n) is 7.55. The minimum Gasteiger partial charge on any atom is -0.340 e. The third kappa shape index (κ3) is 4.31. The van der Waals surface area contributed by atoms with Crippen LogP contribution in [0.25, 0.3) is 0 Å². The Morgan fingerprint density at radius 1 is 1.08 bits per heavy atom. The molecule has 0 radical (unpaired) electrons. The van der Waals surface area contributed by atoms with Crippen LogP contribution >= 0.6 is 23.2 Å². The molecule has 1 heterocycles. The minimum absolute atomic E-state index is 0.328. The van der Waals surface area contributed by atoms with Crippen molar-refractivity contribution in [1.29, 1.82) is 5.26 Å². The highest BCUT2D eigenvalue weighted by Crippen LogP contribution is 2.26. The Morgan fingerprint density at radius 3 is 2.69 bits per heavy atom. The largest absolute Gasteiger partial charge is 0.340 e. The highest BCUT2D eigenvalue weighted by Gasteiger charge is 2.10. The van der Waals surface area contributed by atoms with Gasteiger partial charge in [0.1, 0.15) is 5.82 Å². The van der Waals surface area contributed by atoms with Crippen LogP contribution in [0.2, 0.25) is 10.0 Å². The average Bonchev–Trinajstić information content (AvgIpc) is 2.64. The molecule has 128 valence electrons. The molecule has 0 saturated carbocycles. The summed E-state index contributed by atoms with van der Waals surface area (Å²) in [5.41, 5.74) is 2.11. The summed E-state index contributed by atoms with van der Waals surface area (Å²) in [6, 6.07) is 17.1. The van der Waals surface area contributed by atoms with Gasteiger partial charge >= 0.3 is 0 Å². The van der Waals surface area contributed by atoms with Crippen molar-refractivity contribution in [2.75, 3.05) is 10.6 Å². The minimum atomic E-state index is -0.328. The monoisotopic (exact) mass is 382 g/mol. The highest BCUT2D eigenvalue weighted by molar-refractivity contribution is 6.36. The van der Waals surface area contributed by atoms with Crippen LogP contribution in [0, 0.1) is 11.3 Å². The molecule has 2 N–H and O–H groups in total. The van der Waals surface area contributed by atoms with Crippen molar-refractivity contribution < 1.29 is 4.79 Å². The molecular formula is C19H12Cl2N4O. The molecule has 3 aromatic rings. The number of nitriles is 1. The summed E-state index contributed by atoms with van der Waals surface area (Å²) in [4.78, 5) is 16.6. The van der Waals surface area contributed by atoms with E-state index < -0.39 is 0 Å². The number of hydrogen-bond acceptors (Lipinski definition) is 4. The van der Waals surface area contributed by atoms with E-state index in [1.807, 2.05) is 6.07 Å². The first-order valence-corrected chi connectivity index (χ1v) is 8.30. The van der Waals surface area contributed by atoms with Crippen molar-refractivity contribution >= 4 is 46.3 Å². The maximum atomic E-state index is 12.5. The number of hydrogen-bond donors (Lipinski definition) is 2. The molecule has 1 amide bonds. The number of anilines is 3. The predicted octanol–water partition coefficient (Wildman–Crippen LogP) is 5.26. The number of halogens is 2. The fraction of sp³-hybridized carbons (Fsp3) is 0. The average molecular weight is 383 g/mol. The van der Waals surface area contributed by atoms with E-state index in [0.29, 0.717) is 38.4 Å². The summed E-state index contributed by atoms with van der Waals surface area (Å²) < 4.78 is 0. The highest BCUT2D eigenvalue weighted by atomic mass is 35.5. The van der Waals surface area contributed by atoms with Crippen LogP contribution in [0.5, 0.6) is 0 Å². The SMILES string of the molecule is N#Cc1cccc(Nc2cc(C(=O)Nc3ccc(Cl)cc3Cl)ccn2)c1. The molecule has 7 heteroatoms. The molecular weight excluding hydrogens is 371 g/mol. The molecule has 0 atom stereocenters. The molecule has 2 aromatic carbocycles. The van der Waals surface area contributed by atoms with Crippen LogP contribution in [0.15, 0.2) is 60.8 Å². The van der Waals surface area contributed by atoms with Crippen LogP contribution < -0.4 is 10.6 Å². The molecule has 5 nitrogen and oxygen atoms in total. The maximum Gasteiger partial charge on any atom is 0.255 e. The molecule has 0 aliphatic rings. The molecule has 1 aromatic heterocycles. The van der Waals surface area contributed by atoms with E-state index in [-0.39, 0.29) is 5.91 Å².